The Morgan fingerprint density at radius 1 is 1.50 bits per heavy atom. The molecule has 3 nitrogen and oxygen atoms in total. The predicted molar refractivity (Wildman–Crippen MR) is 77.8 cm³/mol. The number of likely N-dealkylation sites (tertiary alicyclic amines) is 1. The van der Waals surface area contributed by atoms with Gasteiger partial charge < -0.3 is 4.90 Å². The molecule has 1 aliphatic heterocycles. The number of halogens is 1. The lowest BCUT2D eigenvalue weighted by Crippen LogP contribution is -2.44. The molecule has 1 heterocycles. The molecule has 20 heavy (non-hydrogen) atoms. The first-order valence-corrected chi connectivity index (χ1v) is 7.80. The SMILES string of the molecule is CSC1(C#N)CCN(C(=O)Cc2cccc(F)c2)CC1. The molecule has 0 aliphatic carbocycles. The summed E-state index contributed by atoms with van der Waals surface area (Å²) in [6.45, 7) is 1.20. The van der Waals surface area contributed by atoms with Crippen molar-refractivity contribution in [3.8, 4) is 6.07 Å². The molecule has 0 radical (unpaired) electrons. The highest BCUT2D eigenvalue weighted by molar-refractivity contribution is 8.00. The first-order chi connectivity index (χ1) is 9.58. The van der Waals surface area contributed by atoms with Crippen LogP contribution in [-0.4, -0.2) is 34.9 Å². The number of nitriles is 1. The van der Waals surface area contributed by atoms with Gasteiger partial charge in [-0.15, -0.1) is 11.8 Å². The van der Waals surface area contributed by atoms with Crippen LogP contribution >= 0.6 is 11.8 Å². The molecule has 1 fully saturated rings. The number of benzene rings is 1. The third-order valence-corrected chi connectivity index (χ3v) is 5.04. The summed E-state index contributed by atoms with van der Waals surface area (Å²) in [6.07, 6.45) is 3.54. The molecule has 0 unspecified atom stereocenters. The highest BCUT2D eigenvalue weighted by Gasteiger charge is 2.35. The number of rotatable bonds is 3. The van der Waals surface area contributed by atoms with Crippen LogP contribution in [0.25, 0.3) is 0 Å². The number of piperidine rings is 1. The third kappa shape index (κ3) is 3.31. The van der Waals surface area contributed by atoms with E-state index in [-0.39, 0.29) is 22.9 Å². The normalized spacial score (nSPS) is 17.6. The molecule has 0 saturated carbocycles. The molecule has 0 bridgehead atoms. The van der Waals surface area contributed by atoms with Crippen LogP contribution in [0.5, 0.6) is 0 Å². The van der Waals surface area contributed by atoms with E-state index in [4.69, 9.17) is 0 Å². The summed E-state index contributed by atoms with van der Waals surface area (Å²) in [5.74, 6) is -0.317. The predicted octanol–water partition coefficient (Wildman–Crippen LogP) is 2.62. The Hall–Kier alpha value is -1.54. The lowest BCUT2D eigenvalue weighted by molar-refractivity contribution is -0.131. The zero-order chi connectivity index (χ0) is 14.6. The van der Waals surface area contributed by atoms with Gasteiger partial charge >= 0.3 is 0 Å². The Morgan fingerprint density at radius 3 is 2.75 bits per heavy atom. The fourth-order valence-corrected chi connectivity index (χ4v) is 3.09. The minimum absolute atomic E-state index is 0.00300. The second kappa shape index (κ2) is 6.27. The van der Waals surface area contributed by atoms with Crippen molar-refractivity contribution in [3.63, 3.8) is 0 Å². The van der Waals surface area contributed by atoms with E-state index in [1.54, 1.807) is 28.8 Å². The van der Waals surface area contributed by atoms with Gasteiger partial charge in [-0.1, -0.05) is 12.1 Å². The molecule has 1 aromatic carbocycles. The molecule has 1 aromatic rings. The van der Waals surface area contributed by atoms with Gasteiger partial charge in [0.15, 0.2) is 0 Å². The summed E-state index contributed by atoms with van der Waals surface area (Å²) in [7, 11) is 0. The molecule has 0 atom stereocenters. The fraction of sp³-hybridized carbons (Fsp3) is 0.467. The Balaban J connectivity index is 1.94. The van der Waals surface area contributed by atoms with Crippen molar-refractivity contribution in [2.24, 2.45) is 0 Å². The number of hydrogen-bond acceptors (Lipinski definition) is 3. The minimum Gasteiger partial charge on any atom is -0.342 e. The summed E-state index contributed by atoms with van der Waals surface area (Å²) in [5, 5.41) is 9.22. The van der Waals surface area contributed by atoms with Crippen molar-refractivity contribution in [1.29, 1.82) is 5.26 Å². The second-order valence-electron chi connectivity index (χ2n) is 5.00. The summed E-state index contributed by atoms with van der Waals surface area (Å²) < 4.78 is 12.7. The number of nitrogens with zero attached hydrogens (tertiary/aromatic N) is 2. The zero-order valence-electron chi connectivity index (χ0n) is 11.4. The zero-order valence-corrected chi connectivity index (χ0v) is 12.3. The molecular weight excluding hydrogens is 275 g/mol. The Bertz CT molecular complexity index is 533. The molecule has 106 valence electrons. The van der Waals surface area contributed by atoms with Crippen LogP contribution in [0.1, 0.15) is 18.4 Å². The van der Waals surface area contributed by atoms with Crippen LogP contribution in [0.4, 0.5) is 4.39 Å². The maximum atomic E-state index is 13.1. The summed E-state index contributed by atoms with van der Waals surface area (Å²) in [6, 6.07) is 8.49. The van der Waals surface area contributed by atoms with E-state index < -0.39 is 0 Å². The molecule has 0 N–H and O–H groups in total. The Labute approximate surface area is 122 Å². The molecular formula is C15H17FN2OS. The van der Waals surface area contributed by atoms with E-state index in [2.05, 4.69) is 6.07 Å². The van der Waals surface area contributed by atoms with E-state index in [1.165, 1.54) is 12.1 Å². The average Bonchev–Trinajstić information content (AvgIpc) is 2.47. The van der Waals surface area contributed by atoms with Crippen LogP contribution in [0.2, 0.25) is 0 Å². The first-order valence-electron chi connectivity index (χ1n) is 6.57. The summed E-state index contributed by atoms with van der Waals surface area (Å²) in [4.78, 5) is 14.0. The maximum absolute atomic E-state index is 13.1. The van der Waals surface area contributed by atoms with Gasteiger partial charge in [-0.2, -0.15) is 5.26 Å². The Morgan fingerprint density at radius 2 is 2.20 bits per heavy atom. The van der Waals surface area contributed by atoms with Crippen molar-refractivity contribution in [3.05, 3.63) is 35.6 Å². The highest BCUT2D eigenvalue weighted by atomic mass is 32.2. The minimum atomic E-state index is -0.352. The van der Waals surface area contributed by atoms with Crippen LogP contribution in [-0.2, 0) is 11.2 Å². The topological polar surface area (TPSA) is 44.1 Å². The number of thioether (sulfide) groups is 1. The van der Waals surface area contributed by atoms with Crippen LogP contribution in [0, 0.1) is 17.1 Å². The third-order valence-electron chi connectivity index (χ3n) is 3.76. The van der Waals surface area contributed by atoms with Gasteiger partial charge in [-0.05, 0) is 36.8 Å². The monoisotopic (exact) mass is 292 g/mol. The highest BCUT2D eigenvalue weighted by Crippen LogP contribution is 2.33. The van der Waals surface area contributed by atoms with Crippen molar-refractivity contribution in [2.45, 2.75) is 24.0 Å². The number of amides is 1. The lowest BCUT2D eigenvalue weighted by Gasteiger charge is -2.36. The quantitative estimate of drug-likeness (QED) is 0.860. The molecule has 0 aromatic heterocycles. The molecule has 2 rings (SSSR count). The van der Waals surface area contributed by atoms with Crippen molar-refractivity contribution < 1.29 is 9.18 Å². The van der Waals surface area contributed by atoms with Gasteiger partial charge in [0.05, 0.1) is 12.5 Å². The largest absolute Gasteiger partial charge is 0.342 e. The van der Waals surface area contributed by atoms with Crippen LogP contribution in [0.3, 0.4) is 0 Å². The van der Waals surface area contributed by atoms with Crippen LogP contribution < -0.4 is 0 Å². The van der Waals surface area contributed by atoms with Gasteiger partial charge in [0, 0.05) is 13.1 Å². The maximum Gasteiger partial charge on any atom is 0.226 e. The van der Waals surface area contributed by atoms with Crippen LogP contribution in [0.15, 0.2) is 24.3 Å². The van der Waals surface area contributed by atoms with Gasteiger partial charge in [0.2, 0.25) is 5.91 Å². The van der Waals surface area contributed by atoms with Gasteiger partial charge in [-0.25, -0.2) is 4.39 Å². The molecule has 1 aliphatic rings. The Kier molecular flexibility index (Phi) is 4.66. The van der Waals surface area contributed by atoms with E-state index in [1.807, 2.05) is 6.26 Å². The van der Waals surface area contributed by atoms with E-state index >= 15 is 0 Å². The van der Waals surface area contributed by atoms with E-state index in [0.29, 0.717) is 31.5 Å². The molecule has 0 spiro atoms. The summed E-state index contributed by atoms with van der Waals surface area (Å²) >= 11 is 1.56. The molecule has 1 amide bonds. The lowest BCUT2D eigenvalue weighted by atomic mass is 9.96. The smallest absolute Gasteiger partial charge is 0.226 e. The second-order valence-corrected chi connectivity index (χ2v) is 6.19. The van der Waals surface area contributed by atoms with Gasteiger partial charge in [-0.3, -0.25) is 4.79 Å². The fourth-order valence-electron chi connectivity index (χ4n) is 2.41. The average molecular weight is 292 g/mol. The van der Waals surface area contributed by atoms with Gasteiger partial charge in [0.25, 0.3) is 0 Å². The van der Waals surface area contributed by atoms with Crippen molar-refractivity contribution in [2.75, 3.05) is 19.3 Å². The van der Waals surface area contributed by atoms with Gasteiger partial charge in [0.1, 0.15) is 10.6 Å². The summed E-state index contributed by atoms with van der Waals surface area (Å²) in [5.41, 5.74) is 0.692. The standard InChI is InChI=1S/C15H17FN2OS/c1-20-15(11-17)5-7-18(8-6-15)14(19)10-12-3-2-4-13(16)9-12/h2-4,9H,5-8,10H2,1H3. The van der Waals surface area contributed by atoms with Crippen molar-refractivity contribution >= 4 is 17.7 Å². The molecule has 1 saturated heterocycles. The molecule has 5 heteroatoms. The van der Waals surface area contributed by atoms with E-state index in [9.17, 15) is 14.4 Å². The number of carbonyl (C=O) groups excluding carboxylic acids is 1. The first kappa shape index (κ1) is 14.9. The number of hydrogen-bond donors (Lipinski definition) is 0. The van der Waals surface area contributed by atoms with E-state index in [0.717, 1.165) is 0 Å². The number of carbonyl (C=O) groups is 1. The van der Waals surface area contributed by atoms with Crippen molar-refractivity contribution in [1.82, 2.24) is 4.90 Å².